The van der Waals surface area contributed by atoms with Gasteiger partial charge in [-0.3, -0.25) is 10.1 Å². The number of ether oxygens (including phenoxy) is 1. The number of hydrogen-bond donors (Lipinski definition) is 1. The minimum absolute atomic E-state index is 0.0962. The van der Waals surface area contributed by atoms with Gasteiger partial charge >= 0.3 is 5.69 Å². The molecule has 0 atom stereocenters. The zero-order valence-corrected chi connectivity index (χ0v) is 11.8. The average molecular weight is 301 g/mol. The lowest BCUT2D eigenvalue weighted by molar-refractivity contribution is -0.384. The molecule has 1 fully saturated rings. The van der Waals surface area contributed by atoms with Crippen LogP contribution in [0.5, 0.6) is 0 Å². The van der Waals surface area contributed by atoms with Crippen molar-refractivity contribution < 1.29 is 9.66 Å². The second-order valence-electron chi connectivity index (χ2n) is 4.88. The van der Waals surface area contributed by atoms with Gasteiger partial charge in [0.15, 0.2) is 5.82 Å². The third kappa shape index (κ3) is 2.82. The lowest BCUT2D eigenvalue weighted by Gasteiger charge is -2.27. The number of aromatic nitrogens is 2. The van der Waals surface area contributed by atoms with Gasteiger partial charge in [0.25, 0.3) is 0 Å². The molecule has 0 unspecified atom stereocenters. The molecule has 2 heterocycles. The van der Waals surface area contributed by atoms with E-state index in [4.69, 9.17) is 10.5 Å². The van der Waals surface area contributed by atoms with Crippen LogP contribution in [0.15, 0.2) is 30.5 Å². The van der Waals surface area contributed by atoms with Gasteiger partial charge in [0, 0.05) is 24.3 Å². The monoisotopic (exact) mass is 301 g/mol. The zero-order valence-electron chi connectivity index (χ0n) is 11.8. The van der Waals surface area contributed by atoms with Crippen LogP contribution in [-0.2, 0) is 4.74 Å². The van der Waals surface area contributed by atoms with E-state index in [9.17, 15) is 10.1 Å². The Morgan fingerprint density at radius 2 is 1.91 bits per heavy atom. The van der Waals surface area contributed by atoms with Crippen molar-refractivity contribution in [1.82, 2.24) is 9.97 Å². The minimum Gasteiger partial charge on any atom is -0.399 e. The molecule has 2 aromatic rings. The predicted octanol–water partition coefficient (Wildman–Crippen LogP) is 1.47. The fourth-order valence-electron chi connectivity index (χ4n) is 2.27. The number of nitrogens with two attached hydrogens (primary N) is 1. The molecule has 1 saturated heterocycles. The molecule has 1 aliphatic heterocycles. The van der Waals surface area contributed by atoms with Crippen LogP contribution in [0, 0.1) is 10.1 Å². The summed E-state index contributed by atoms with van der Waals surface area (Å²) in [6.07, 6.45) is 1.25. The van der Waals surface area contributed by atoms with Crippen molar-refractivity contribution in [3.05, 3.63) is 40.6 Å². The lowest BCUT2D eigenvalue weighted by Crippen LogP contribution is -2.37. The van der Waals surface area contributed by atoms with Crippen molar-refractivity contribution >= 4 is 17.2 Å². The van der Waals surface area contributed by atoms with Crippen molar-refractivity contribution in [1.29, 1.82) is 0 Å². The molecule has 1 aromatic heterocycles. The highest BCUT2D eigenvalue weighted by atomic mass is 16.6. The van der Waals surface area contributed by atoms with Crippen molar-refractivity contribution in [2.75, 3.05) is 36.9 Å². The van der Waals surface area contributed by atoms with E-state index in [0.717, 1.165) is 5.56 Å². The fraction of sp³-hybridized carbons (Fsp3) is 0.286. The van der Waals surface area contributed by atoms with Crippen LogP contribution < -0.4 is 10.6 Å². The zero-order chi connectivity index (χ0) is 15.5. The van der Waals surface area contributed by atoms with Gasteiger partial charge in [0.05, 0.1) is 18.1 Å². The summed E-state index contributed by atoms with van der Waals surface area (Å²) in [5.41, 5.74) is 6.97. The molecular formula is C14H15N5O3. The summed E-state index contributed by atoms with van der Waals surface area (Å²) >= 11 is 0. The summed E-state index contributed by atoms with van der Waals surface area (Å²) in [4.78, 5) is 21.1. The Bertz CT molecular complexity index is 683. The largest absolute Gasteiger partial charge is 0.399 e. The van der Waals surface area contributed by atoms with Gasteiger partial charge in [0.1, 0.15) is 6.20 Å². The van der Waals surface area contributed by atoms with Crippen LogP contribution in [-0.4, -0.2) is 41.2 Å². The molecule has 0 spiro atoms. The number of nitrogens with zero attached hydrogens (tertiary/aromatic N) is 4. The number of rotatable bonds is 3. The maximum atomic E-state index is 11.2. The third-order valence-corrected chi connectivity index (χ3v) is 3.43. The number of anilines is 2. The summed E-state index contributed by atoms with van der Waals surface area (Å²) in [5, 5.41) is 11.2. The quantitative estimate of drug-likeness (QED) is 0.519. The van der Waals surface area contributed by atoms with E-state index in [1.165, 1.54) is 6.20 Å². The fourth-order valence-corrected chi connectivity index (χ4v) is 2.27. The molecule has 0 saturated carbocycles. The van der Waals surface area contributed by atoms with Crippen LogP contribution in [0.2, 0.25) is 0 Å². The van der Waals surface area contributed by atoms with Crippen LogP contribution >= 0.6 is 0 Å². The summed E-state index contributed by atoms with van der Waals surface area (Å²) in [6, 6.07) is 7.07. The summed E-state index contributed by atoms with van der Waals surface area (Å²) in [7, 11) is 0. The molecule has 1 aromatic carbocycles. The SMILES string of the molecule is Nc1ccc(-c2ncc([N+](=O)[O-])c(N3CCOCC3)n2)cc1. The molecule has 114 valence electrons. The van der Waals surface area contributed by atoms with Gasteiger partial charge in [-0.15, -0.1) is 0 Å². The second kappa shape index (κ2) is 5.94. The highest BCUT2D eigenvalue weighted by molar-refractivity contribution is 5.65. The van der Waals surface area contributed by atoms with Crippen LogP contribution in [0.3, 0.4) is 0 Å². The number of morpholine rings is 1. The molecule has 1 aliphatic rings. The number of benzene rings is 1. The first-order valence-corrected chi connectivity index (χ1v) is 6.85. The molecule has 3 rings (SSSR count). The summed E-state index contributed by atoms with van der Waals surface area (Å²) < 4.78 is 5.28. The second-order valence-corrected chi connectivity index (χ2v) is 4.88. The average Bonchev–Trinajstić information content (AvgIpc) is 2.56. The number of hydrogen-bond acceptors (Lipinski definition) is 7. The van der Waals surface area contributed by atoms with E-state index in [1.54, 1.807) is 24.3 Å². The Morgan fingerprint density at radius 1 is 1.23 bits per heavy atom. The van der Waals surface area contributed by atoms with E-state index < -0.39 is 4.92 Å². The maximum absolute atomic E-state index is 11.2. The van der Waals surface area contributed by atoms with Gasteiger partial charge in [-0.25, -0.2) is 9.97 Å². The topological polar surface area (TPSA) is 107 Å². The number of nitrogen functional groups attached to an aromatic ring is 1. The molecule has 0 aliphatic carbocycles. The van der Waals surface area contributed by atoms with Crippen molar-refractivity contribution in [2.24, 2.45) is 0 Å². The molecule has 22 heavy (non-hydrogen) atoms. The first kappa shape index (κ1) is 14.2. The molecule has 8 nitrogen and oxygen atoms in total. The standard InChI is InChI=1S/C14H15N5O3/c15-11-3-1-10(2-4-11)13-16-9-12(19(20)21)14(17-13)18-5-7-22-8-6-18/h1-4,9H,5-8,15H2. The highest BCUT2D eigenvalue weighted by Crippen LogP contribution is 2.28. The molecule has 0 radical (unpaired) electrons. The van der Waals surface area contributed by atoms with E-state index in [-0.39, 0.29) is 5.69 Å². The molecule has 2 N–H and O–H groups in total. The summed E-state index contributed by atoms with van der Waals surface area (Å²) in [6.45, 7) is 2.19. The highest BCUT2D eigenvalue weighted by Gasteiger charge is 2.24. The van der Waals surface area contributed by atoms with Gasteiger partial charge in [-0.1, -0.05) is 0 Å². The molecule has 8 heteroatoms. The van der Waals surface area contributed by atoms with Crippen LogP contribution in [0.25, 0.3) is 11.4 Å². The first-order chi connectivity index (χ1) is 10.6. The van der Waals surface area contributed by atoms with E-state index in [1.807, 2.05) is 4.90 Å². The Hall–Kier alpha value is -2.74. The predicted molar refractivity (Wildman–Crippen MR) is 81.6 cm³/mol. The van der Waals surface area contributed by atoms with E-state index in [2.05, 4.69) is 9.97 Å². The van der Waals surface area contributed by atoms with Gasteiger partial charge in [-0.05, 0) is 24.3 Å². The lowest BCUT2D eigenvalue weighted by atomic mass is 10.2. The van der Waals surface area contributed by atoms with Gasteiger partial charge in [0.2, 0.25) is 5.82 Å². The summed E-state index contributed by atoms with van der Waals surface area (Å²) in [5.74, 6) is 0.766. The first-order valence-electron chi connectivity index (χ1n) is 6.85. The van der Waals surface area contributed by atoms with E-state index in [0.29, 0.717) is 43.6 Å². The minimum atomic E-state index is -0.461. The normalized spacial score (nSPS) is 14.8. The van der Waals surface area contributed by atoms with Gasteiger partial charge < -0.3 is 15.4 Å². The Morgan fingerprint density at radius 3 is 2.55 bits per heavy atom. The maximum Gasteiger partial charge on any atom is 0.329 e. The Kier molecular flexibility index (Phi) is 3.84. The molecule has 0 amide bonds. The van der Waals surface area contributed by atoms with Crippen molar-refractivity contribution in [3.63, 3.8) is 0 Å². The van der Waals surface area contributed by atoms with Crippen molar-refractivity contribution in [3.8, 4) is 11.4 Å². The van der Waals surface area contributed by atoms with E-state index >= 15 is 0 Å². The smallest absolute Gasteiger partial charge is 0.329 e. The van der Waals surface area contributed by atoms with Crippen LogP contribution in [0.1, 0.15) is 0 Å². The van der Waals surface area contributed by atoms with Crippen molar-refractivity contribution in [2.45, 2.75) is 0 Å². The van der Waals surface area contributed by atoms with Gasteiger partial charge in [-0.2, -0.15) is 0 Å². The number of nitro groups is 1. The Balaban J connectivity index is 2.02. The Labute approximate surface area is 126 Å². The molecular weight excluding hydrogens is 286 g/mol. The van der Waals surface area contributed by atoms with Crippen LogP contribution in [0.4, 0.5) is 17.2 Å². The molecule has 0 bridgehead atoms. The third-order valence-electron chi connectivity index (χ3n) is 3.43.